The van der Waals surface area contributed by atoms with E-state index in [4.69, 9.17) is 5.41 Å². The van der Waals surface area contributed by atoms with Crippen molar-refractivity contribution in [3.05, 3.63) is 35.2 Å². The Balaban J connectivity index is 2.41. The average molecular weight is 291 g/mol. The third-order valence-electron chi connectivity index (χ3n) is 3.02. The lowest BCUT2D eigenvalue weighted by Crippen LogP contribution is -2.37. The molecule has 2 heterocycles. The van der Waals surface area contributed by atoms with Crippen LogP contribution in [0.3, 0.4) is 0 Å². The molecule has 8 nitrogen and oxygen atoms in total. The number of likely N-dealkylation sites (N-methyl/N-ethyl adjacent to an activating group) is 1. The molecule has 21 heavy (non-hydrogen) atoms. The van der Waals surface area contributed by atoms with E-state index in [0.717, 1.165) is 13.0 Å². The van der Waals surface area contributed by atoms with Gasteiger partial charge in [0.15, 0.2) is 5.49 Å². The van der Waals surface area contributed by atoms with E-state index in [2.05, 4.69) is 15.6 Å². The SMILES string of the molecule is CCNC(=O)C(=O)c1nc(C2C=CCCN2)cc(=N)n1O. The van der Waals surface area contributed by atoms with Crippen LogP contribution in [-0.2, 0) is 4.79 Å². The maximum Gasteiger partial charge on any atom is 0.295 e. The second-order valence-corrected chi connectivity index (χ2v) is 4.54. The van der Waals surface area contributed by atoms with Crippen molar-refractivity contribution in [3.63, 3.8) is 0 Å². The Morgan fingerprint density at radius 1 is 1.62 bits per heavy atom. The van der Waals surface area contributed by atoms with Crippen molar-refractivity contribution in [2.24, 2.45) is 0 Å². The van der Waals surface area contributed by atoms with E-state index in [-0.39, 0.29) is 18.1 Å². The zero-order valence-corrected chi connectivity index (χ0v) is 11.6. The van der Waals surface area contributed by atoms with Crippen molar-refractivity contribution in [2.45, 2.75) is 19.4 Å². The maximum atomic E-state index is 12.0. The Morgan fingerprint density at radius 2 is 2.38 bits per heavy atom. The van der Waals surface area contributed by atoms with Crippen LogP contribution in [0.2, 0.25) is 0 Å². The summed E-state index contributed by atoms with van der Waals surface area (Å²) in [4.78, 5) is 27.6. The summed E-state index contributed by atoms with van der Waals surface area (Å²) in [7, 11) is 0. The third kappa shape index (κ3) is 3.16. The van der Waals surface area contributed by atoms with Gasteiger partial charge in [-0.1, -0.05) is 12.2 Å². The van der Waals surface area contributed by atoms with Crippen LogP contribution in [0.15, 0.2) is 18.2 Å². The molecule has 1 atom stereocenters. The molecular formula is C13H17N5O3. The molecule has 0 bridgehead atoms. The molecule has 8 heteroatoms. The van der Waals surface area contributed by atoms with Crippen LogP contribution >= 0.6 is 0 Å². The summed E-state index contributed by atoms with van der Waals surface area (Å²) in [6, 6.07) is 1.10. The van der Waals surface area contributed by atoms with Crippen molar-refractivity contribution in [1.29, 1.82) is 5.41 Å². The molecule has 4 N–H and O–H groups in total. The number of aromatic nitrogens is 2. The van der Waals surface area contributed by atoms with Crippen molar-refractivity contribution in [1.82, 2.24) is 20.3 Å². The van der Waals surface area contributed by atoms with Gasteiger partial charge in [0.25, 0.3) is 11.7 Å². The van der Waals surface area contributed by atoms with E-state index in [0.29, 0.717) is 10.4 Å². The van der Waals surface area contributed by atoms with E-state index >= 15 is 0 Å². The lowest BCUT2D eigenvalue weighted by atomic mass is 10.1. The van der Waals surface area contributed by atoms with Crippen LogP contribution in [0.25, 0.3) is 0 Å². The minimum atomic E-state index is -0.977. The quantitative estimate of drug-likeness (QED) is 0.258. The number of ketones is 1. The number of carbonyl (C=O) groups excluding carboxylic acids is 2. The predicted molar refractivity (Wildman–Crippen MR) is 72.8 cm³/mol. The summed E-state index contributed by atoms with van der Waals surface area (Å²) >= 11 is 0. The standard InChI is InChI=1S/C13H17N5O3/c1-2-15-13(20)11(19)12-17-9(7-10(14)18(12)21)8-5-3-4-6-16-8/h3,5,7-8,14,16,21H,2,4,6H2,1H3,(H,15,20). The number of hydrogen-bond acceptors (Lipinski definition) is 6. The fourth-order valence-electron chi connectivity index (χ4n) is 1.99. The van der Waals surface area contributed by atoms with E-state index < -0.39 is 17.5 Å². The zero-order chi connectivity index (χ0) is 15.4. The molecule has 0 aromatic carbocycles. The second kappa shape index (κ2) is 6.31. The van der Waals surface area contributed by atoms with Gasteiger partial charge in [-0.3, -0.25) is 15.0 Å². The summed E-state index contributed by atoms with van der Waals surface area (Å²) in [6.45, 7) is 2.72. The van der Waals surface area contributed by atoms with Gasteiger partial charge in [0.1, 0.15) is 0 Å². The summed E-state index contributed by atoms with van der Waals surface area (Å²) < 4.78 is 0.313. The molecule has 0 radical (unpaired) electrons. The topological polar surface area (TPSA) is 120 Å². The van der Waals surface area contributed by atoms with Crippen molar-refractivity contribution in [2.75, 3.05) is 13.1 Å². The van der Waals surface area contributed by atoms with Gasteiger partial charge in [-0.15, -0.1) is 4.73 Å². The van der Waals surface area contributed by atoms with E-state index in [1.807, 2.05) is 12.2 Å². The van der Waals surface area contributed by atoms with Gasteiger partial charge in [0.2, 0.25) is 5.82 Å². The lowest BCUT2D eigenvalue weighted by molar-refractivity contribution is -0.117. The van der Waals surface area contributed by atoms with Gasteiger partial charge >= 0.3 is 0 Å². The smallest absolute Gasteiger partial charge is 0.295 e. The minimum absolute atomic E-state index is 0.246. The molecule has 2 rings (SSSR count). The number of rotatable bonds is 4. The monoisotopic (exact) mass is 291 g/mol. The largest absolute Gasteiger partial charge is 0.425 e. The Morgan fingerprint density at radius 3 is 3.00 bits per heavy atom. The van der Waals surface area contributed by atoms with Gasteiger partial charge in [-0.2, -0.15) is 0 Å². The van der Waals surface area contributed by atoms with Crippen LogP contribution in [0.4, 0.5) is 0 Å². The number of hydrogen-bond donors (Lipinski definition) is 4. The molecule has 0 saturated heterocycles. The van der Waals surface area contributed by atoms with Crippen LogP contribution in [0, 0.1) is 5.41 Å². The molecular weight excluding hydrogens is 274 g/mol. The molecule has 0 aliphatic carbocycles. The summed E-state index contributed by atoms with van der Waals surface area (Å²) in [5.41, 5.74) is 0.0994. The molecule has 1 aliphatic rings. The Labute approximate surface area is 121 Å². The molecule has 0 fully saturated rings. The summed E-state index contributed by atoms with van der Waals surface area (Å²) in [5.74, 6) is -2.31. The molecule has 1 unspecified atom stereocenters. The molecule has 1 amide bonds. The van der Waals surface area contributed by atoms with Gasteiger partial charge in [-0.25, -0.2) is 4.98 Å². The number of Topliss-reactive ketones (excluding diaryl/α,β-unsaturated/α-hetero) is 1. The normalized spacial score (nSPS) is 17.5. The molecule has 0 spiro atoms. The minimum Gasteiger partial charge on any atom is -0.425 e. The Hall–Kier alpha value is -2.48. The summed E-state index contributed by atoms with van der Waals surface area (Å²) in [6.07, 6.45) is 4.73. The second-order valence-electron chi connectivity index (χ2n) is 4.54. The molecule has 1 aromatic rings. The van der Waals surface area contributed by atoms with Crippen LogP contribution < -0.4 is 16.1 Å². The lowest BCUT2D eigenvalue weighted by Gasteiger charge is -2.18. The van der Waals surface area contributed by atoms with Crippen molar-refractivity contribution >= 4 is 11.7 Å². The van der Waals surface area contributed by atoms with Gasteiger partial charge in [-0.05, 0) is 19.9 Å². The predicted octanol–water partition coefficient (Wildman–Crippen LogP) is -0.491. The molecule has 1 aliphatic heterocycles. The number of carbonyl (C=O) groups is 2. The van der Waals surface area contributed by atoms with Gasteiger partial charge in [0, 0.05) is 12.6 Å². The third-order valence-corrected chi connectivity index (χ3v) is 3.02. The highest BCUT2D eigenvalue weighted by Crippen LogP contribution is 2.14. The van der Waals surface area contributed by atoms with Crippen LogP contribution in [-0.4, -0.2) is 39.7 Å². The van der Waals surface area contributed by atoms with Crippen LogP contribution in [0.5, 0.6) is 0 Å². The highest BCUT2D eigenvalue weighted by Gasteiger charge is 2.23. The van der Waals surface area contributed by atoms with Crippen molar-refractivity contribution < 1.29 is 14.8 Å². The first-order chi connectivity index (χ1) is 10.0. The zero-order valence-electron chi connectivity index (χ0n) is 11.6. The first-order valence-electron chi connectivity index (χ1n) is 6.65. The summed E-state index contributed by atoms with van der Waals surface area (Å²) in [5, 5.41) is 22.9. The first-order valence-corrected chi connectivity index (χ1v) is 6.65. The first kappa shape index (κ1) is 14.9. The number of nitrogens with zero attached hydrogens (tertiary/aromatic N) is 2. The highest BCUT2D eigenvalue weighted by atomic mass is 16.5. The van der Waals surface area contributed by atoms with Gasteiger partial charge < -0.3 is 15.8 Å². The average Bonchev–Trinajstić information content (AvgIpc) is 2.50. The Bertz CT molecular complexity index is 650. The van der Waals surface area contributed by atoms with Gasteiger partial charge in [0.05, 0.1) is 11.7 Å². The fourth-order valence-corrected chi connectivity index (χ4v) is 1.99. The maximum absolute atomic E-state index is 12.0. The van der Waals surface area contributed by atoms with E-state index in [1.54, 1.807) is 6.92 Å². The van der Waals surface area contributed by atoms with E-state index in [1.165, 1.54) is 6.07 Å². The molecule has 112 valence electrons. The number of nitrogens with one attached hydrogen (secondary N) is 3. The molecule has 0 saturated carbocycles. The van der Waals surface area contributed by atoms with Crippen molar-refractivity contribution in [3.8, 4) is 0 Å². The fraction of sp³-hybridized carbons (Fsp3) is 0.385. The molecule has 1 aromatic heterocycles. The van der Waals surface area contributed by atoms with E-state index in [9.17, 15) is 14.8 Å². The highest BCUT2D eigenvalue weighted by molar-refractivity contribution is 6.41. The number of amides is 1. The Kier molecular flexibility index (Phi) is 4.49. The van der Waals surface area contributed by atoms with Crippen LogP contribution in [0.1, 0.15) is 35.7 Å².